The summed E-state index contributed by atoms with van der Waals surface area (Å²) in [7, 11) is 0. The number of hydrogen-bond acceptors (Lipinski definition) is 2. The van der Waals surface area contributed by atoms with Gasteiger partial charge in [-0.15, -0.1) is 13.2 Å². The van der Waals surface area contributed by atoms with Gasteiger partial charge in [0.2, 0.25) is 0 Å². The average molecular weight is 226 g/mol. The van der Waals surface area contributed by atoms with E-state index in [9.17, 15) is 17.4 Å². The van der Waals surface area contributed by atoms with Crippen molar-refractivity contribution < 1.29 is 26.7 Å². The van der Waals surface area contributed by atoms with Crippen LogP contribution in [0.3, 0.4) is 0 Å². The molecule has 0 spiro atoms. The molecule has 1 atom stereocenters. The van der Waals surface area contributed by atoms with Crippen molar-refractivity contribution >= 4 is 11.1 Å². The highest BCUT2D eigenvalue weighted by Gasteiger charge is 2.31. The van der Waals surface area contributed by atoms with Gasteiger partial charge in [0.1, 0.15) is 5.75 Å². The number of benzene rings is 1. The topological polar surface area (TPSA) is 46.5 Å². The van der Waals surface area contributed by atoms with Crippen molar-refractivity contribution in [3.8, 4) is 5.75 Å². The summed E-state index contributed by atoms with van der Waals surface area (Å²) >= 11 is -2.31. The first-order valence-corrected chi connectivity index (χ1v) is 4.46. The summed E-state index contributed by atoms with van der Waals surface area (Å²) in [5, 5.41) is 0. The molecule has 0 aliphatic carbocycles. The summed E-state index contributed by atoms with van der Waals surface area (Å²) < 4.78 is 57.8. The fraction of sp³-hybridized carbons (Fsp3) is 0.143. The van der Waals surface area contributed by atoms with E-state index in [2.05, 4.69) is 4.74 Å². The Morgan fingerprint density at radius 3 is 2.50 bits per heavy atom. The quantitative estimate of drug-likeness (QED) is 0.786. The third-order valence-electron chi connectivity index (χ3n) is 1.24. The Bertz CT molecular complexity index is 350. The molecule has 0 radical (unpaired) electrons. The highest BCUT2D eigenvalue weighted by molar-refractivity contribution is 7.79. The summed E-state index contributed by atoms with van der Waals surface area (Å²) in [5.74, 6) is -0.516. The molecule has 1 aromatic carbocycles. The van der Waals surface area contributed by atoms with Crippen molar-refractivity contribution in [1.29, 1.82) is 0 Å². The van der Waals surface area contributed by atoms with Crippen molar-refractivity contribution in [2.45, 2.75) is 11.3 Å². The van der Waals surface area contributed by atoms with Crippen LogP contribution in [0.4, 0.5) is 13.2 Å². The van der Waals surface area contributed by atoms with E-state index >= 15 is 0 Å². The summed E-state index contributed by atoms with van der Waals surface area (Å²) in [6, 6.07) is 4.32. The first-order chi connectivity index (χ1) is 6.38. The zero-order valence-electron chi connectivity index (χ0n) is 6.62. The molecule has 78 valence electrons. The van der Waals surface area contributed by atoms with Gasteiger partial charge in [-0.05, 0) is 18.2 Å². The van der Waals surface area contributed by atoms with Crippen LogP contribution in [-0.4, -0.2) is 15.1 Å². The van der Waals surface area contributed by atoms with Crippen molar-refractivity contribution in [2.24, 2.45) is 0 Å². The molecule has 1 N–H and O–H groups in total. The van der Waals surface area contributed by atoms with Gasteiger partial charge in [-0.2, -0.15) is 0 Å². The molecule has 0 saturated carbocycles. The van der Waals surface area contributed by atoms with Crippen LogP contribution in [-0.2, 0) is 11.1 Å². The fourth-order valence-corrected chi connectivity index (χ4v) is 1.19. The smallest absolute Gasteiger partial charge is 0.406 e. The van der Waals surface area contributed by atoms with Gasteiger partial charge in [-0.1, -0.05) is 6.07 Å². The largest absolute Gasteiger partial charge is 0.573 e. The van der Waals surface area contributed by atoms with Crippen LogP contribution >= 0.6 is 0 Å². The Morgan fingerprint density at radius 2 is 2.00 bits per heavy atom. The predicted molar refractivity (Wildman–Crippen MR) is 42.2 cm³/mol. The molecule has 1 aromatic rings. The Labute approximate surface area is 79.8 Å². The number of rotatable bonds is 2. The first-order valence-electron chi connectivity index (χ1n) is 3.35. The van der Waals surface area contributed by atoms with Crippen molar-refractivity contribution in [1.82, 2.24) is 0 Å². The lowest BCUT2D eigenvalue weighted by Gasteiger charge is -2.08. The van der Waals surface area contributed by atoms with Crippen molar-refractivity contribution in [3.05, 3.63) is 24.3 Å². The molecule has 0 bridgehead atoms. The second-order valence-electron chi connectivity index (χ2n) is 2.27. The molecule has 0 heterocycles. The van der Waals surface area contributed by atoms with E-state index < -0.39 is 23.2 Å². The molecule has 0 amide bonds. The lowest BCUT2D eigenvalue weighted by molar-refractivity contribution is -0.274. The number of halogens is 3. The molecule has 0 aliphatic heterocycles. The van der Waals surface area contributed by atoms with E-state index in [1.54, 1.807) is 0 Å². The van der Waals surface area contributed by atoms with Crippen molar-refractivity contribution in [2.75, 3.05) is 0 Å². The molecule has 14 heavy (non-hydrogen) atoms. The van der Waals surface area contributed by atoms with Gasteiger partial charge < -0.3 is 9.29 Å². The van der Waals surface area contributed by atoms with Crippen LogP contribution < -0.4 is 4.74 Å². The van der Waals surface area contributed by atoms with E-state index in [-0.39, 0.29) is 4.90 Å². The highest BCUT2D eigenvalue weighted by Crippen LogP contribution is 2.23. The summed E-state index contributed by atoms with van der Waals surface area (Å²) in [4.78, 5) is -0.147. The second-order valence-corrected chi connectivity index (χ2v) is 3.24. The number of alkyl halides is 3. The summed E-state index contributed by atoms with van der Waals surface area (Å²) in [5.41, 5.74) is 0. The standard InChI is InChI=1S/C7H5F3O3S/c8-7(9,10)13-5-2-1-3-6(4-5)14(11)12/h1-4H,(H,11,12). The number of hydrogen-bond donors (Lipinski definition) is 1. The maximum atomic E-state index is 11.7. The van der Waals surface area contributed by atoms with Gasteiger partial charge in [0.05, 0.1) is 4.90 Å². The lowest BCUT2D eigenvalue weighted by atomic mass is 10.3. The average Bonchev–Trinajstić information content (AvgIpc) is 2.01. The molecule has 1 rings (SSSR count). The minimum atomic E-state index is -4.80. The summed E-state index contributed by atoms with van der Waals surface area (Å²) in [6.45, 7) is 0. The Hall–Kier alpha value is -1.08. The van der Waals surface area contributed by atoms with Gasteiger partial charge in [0.15, 0.2) is 11.1 Å². The van der Waals surface area contributed by atoms with Crippen LogP contribution in [0.5, 0.6) is 5.75 Å². The minimum absolute atomic E-state index is 0.147. The molecule has 0 fully saturated rings. The highest BCUT2D eigenvalue weighted by atomic mass is 32.2. The van der Waals surface area contributed by atoms with Crippen LogP contribution in [0, 0.1) is 0 Å². The van der Waals surface area contributed by atoms with Crippen molar-refractivity contribution in [3.63, 3.8) is 0 Å². The van der Waals surface area contributed by atoms with E-state index in [1.165, 1.54) is 12.1 Å². The zero-order chi connectivity index (χ0) is 10.8. The number of ether oxygens (including phenoxy) is 1. The molecular formula is C7H5F3O3S. The molecule has 1 unspecified atom stereocenters. The molecule has 0 aromatic heterocycles. The predicted octanol–water partition coefficient (Wildman–Crippen LogP) is 2.17. The van der Waals surface area contributed by atoms with Crippen LogP contribution in [0.15, 0.2) is 29.2 Å². The zero-order valence-corrected chi connectivity index (χ0v) is 7.43. The Balaban J connectivity index is 2.89. The minimum Gasteiger partial charge on any atom is -0.406 e. The molecule has 7 heteroatoms. The third kappa shape index (κ3) is 3.35. The Morgan fingerprint density at radius 1 is 1.36 bits per heavy atom. The van der Waals surface area contributed by atoms with Gasteiger partial charge in [-0.3, -0.25) is 0 Å². The molecule has 3 nitrogen and oxygen atoms in total. The SMILES string of the molecule is O=S(O)c1cccc(OC(F)(F)F)c1. The normalized spacial score (nSPS) is 13.7. The van der Waals surface area contributed by atoms with Gasteiger partial charge in [0, 0.05) is 0 Å². The van der Waals surface area contributed by atoms with E-state index in [4.69, 9.17) is 4.55 Å². The monoisotopic (exact) mass is 226 g/mol. The fourth-order valence-electron chi connectivity index (χ4n) is 0.780. The Kier molecular flexibility index (Phi) is 3.12. The van der Waals surface area contributed by atoms with E-state index in [0.29, 0.717) is 0 Å². The van der Waals surface area contributed by atoms with Gasteiger partial charge in [0.25, 0.3) is 0 Å². The molecular weight excluding hydrogens is 221 g/mol. The third-order valence-corrected chi connectivity index (χ3v) is 1.90. The first kappa shape index (κ1) is 11.0. The molecule has 0 saturated heterocycles. The summed E-state index contributed by atoms with van der Waals surface area (Å²) in [6.07, 6.45) is -4.80. The maximum Gasteiger partial charge on any atom is 0.573 e. The van der Waals surface area contributed by atoms with E-state index in [0.717, 1.165) is 12.1 Å². The van der Waals surface area contributed by atoms with Crippen LogP contribution in [0.1, 0.15) is 0 Å². The van der Waals surface area contributed by atoms with E-state index in [1.807, 2.05) is 0 Å². The van der Waals surface area contributed by atoms with Crippen LogP contribution in [0.2, 0.25) is 0 Å². The lowest BCUT2D eigenvalue weighted by Crippen LogP contribution is -2.17. The maximum absolute atomic E-state index is 11.7. The van der Waals surface area contributed by atoms with Crippen LogP contribution in [0.25, 0.3) is 0 Å². The van der Waals surface area contributed by atoms with Gasteiger partial charge in [-0.25, -0.2) is 4.21 Å². The second kappa shape index (κ2) is 3.97. The molecule has 0 aliphatic rings. The van der Waals surface area contributed by atoms with Gasteiger partial charge >= 0.3 is 6.36 Å².